The van der Waals surface area contributed by atoms with Gasteiger partial charge in [-0.05, 0) is 44.2 Å². The monoisotopic (exact) mass is 358 g/mol. The van der Waals surface area contributed by atoms with Gasteiger partial charge in [-0.25, -0.2) is 9.78 Å². The fourth-order valence-corrected chi connectivity index (χ4v) is 4.12. The number of anilines is 1. The average molecular weight is 358 g/mol. The summed E-state index contributed by atoms with van der Waals surface area (Å²) in [6, 6.07) is 0.407. The van der Waals surface area contributed by atoms with E-state index in [2.05, 4.69) is 20.2 Å². The Morgan fingerprint density at radius 3 is 2.65 bits per heavy atom. The van der Waals surface area contributed by atoms with Crippen LogP contribution in [-0.2, 0) is 4.79 Å². The van der Waals surface area contributed by atoms with Crippen LogP contribution in [0.1, 0.15) is 57.1 Å². The van der Waals surface area contributed by atoms with Crippen molar-refractivity contribution in [3.8, 4) is 0 Å². The van der Waals surface area contributed by atoms with Gasteiger partial charge in [0, 0.05) is 25.2 Å². The second-order valence-electron chi connectivity index (χ2n) is 7.60. The van der Waals surface area contributed by atoms with Crippen LogP contribution in [0.15, 0.2) is 18.5 Å². The maximum atomic E-state index is 10.5. The minimum absolute atomic E-state index is 0.407. The van der Waals surface area contributed by atoms with Crippen molar-refractivity contribution in [3.63, 3.8) is 0 Å². The summed E-state index contributed by atoms with van der Waals surface area (Å²) in [7, 11) is 0. The lowest BCUT2D eigenvalue weighted by Gasteiger charge is -2.35. The first-order valence-corrected chi connectivity index (χ1v) is 9.91. The molecule has 1 atom stereocenters. The molecule has 0 bridgehead atoms. The number of nitrogens with one attached hydrogen (secondary N) is 1. The number of rotatable bonds is 6. The molecule has 26 heavy (non-hydrogen) atoms. The number of aromatic nitrogens is 2. The fourth-order valence-electron chi connectivity index (χ4n) is 4.12. The predicted molar refractivity (Wildman–Crippen MR) is 103 cm³/mol. The Labute approximate surface area is 155 Å². The molecule has 1 aromatic heterocycles. The van der Waals surface area contributed by atoms with Crippen molar-refractivity contribution in [2.24, 2.45) is 5.92 Å². The topological polar surface area (TPSA) is 78.3 Å². The molecule has 6 heteroatoms. The third-order valence-electron chi connectivity index (χ3n) is 5.42. The summed E-state index contributed by atoms with van der Waals surface area (Å²) < 4.78 is 0. The van der Waals surface area contributed by atoms with Gasteiger partial charge in [0.15, 0.2) is 0 Å². The van der Waals surface area contributed by atoms with E-state index in [0.717, 1.165) is 30.8 Å². The SMILES string of the molecule is O=C(O)/C=C/c1cnc(N[C@@H]2CCCN(CC3CCCCCC3)C2)cn1. The first-order valence-electron chi connectivity index (χ1n) is 9.91. The van der Waals surface area contributed by atoms with Gasteiger partial charge in [-0.3, -0.25) is 4.98 Å². The van der Waals surface area contributed by atoms with Crippen molar-refractivity contribution in [2.75, 3.05) is 25.0 Å². The minimum Gasteiger partial charge on any atom is -0.478 e. The van der Waals surface area contributed by atoms with Crippen LogP contribution < -0.4 is 5.32 Å². The Morgan fingerprint density at radius 1 is 1.15 bits per heavy atom. The molecule has 3 rings (SSSR count). The summed E-state index contributed by atoms with van der Waals surface area (Å²) in [5.41, 5.74) is 0.552. The number of carboxylic acids is 1. The zero-order valence-corrected chi connectivity index (χ0v) is 15.4. The molecule has 2 fully saturated rings. The number of nitrogens with zero attached hydrogens (tertiary/aromatic N) is 3. The zero-order valence-electron chi connectivity index (χ0n) is 15.4. The molecule has 0 unspecified atom stereocenters. The van der Waals surface area contributed by atoms with Crippen LogP contribution in [-0.4, -0.2) is 51.6 Å². The van der Waals surface area contributed by atoms with E-state index in [9.17, 15) is 4.79 Å². The Balaban J connectivity index is 1.49. The number of carboxylic acid groups (broad SMARTS) is 1. The van der Waals surface area contributed by atoms with Crippen LogP contribution in [0.5, 0.6) is 0 Å². The van der Waals surface area contributed by atoms with E-state index in [-0.39, 0.29) is 0 Å². The van der Waals surface area contributed by atoms with Gasteiger partial charge in [-0.15, -0.1) is 0 Å². The van der Waals surface area contributed by atoms with Gasteiger partial charge in [0.05, 0.1) is 18.1 Å². The highest BCUT2D eigenvalue weighted by molar-refractivity contribution is 5.84. The third kappa shape index (κ3) is 6.09. The highest BCUT2D eigenvalue weighted by Crippen LogP contribution is 2.25. The molecular formula is C20H30N4O2. The van der Waals surface area contributed by atoms with E-state index in [1.54, 1.807) is 12.4 Å². The summed E-state index contributed by atoms with van der Waals surface area (Å²) >= 11 is 0. The van der Waals surface area contributed by atoms with Gasteiger partial charge in [0.2, 0.25) is 0 Å². The van der Waals surface area contributed by atoms with E-state index < -0.39 is 5.97 Å². The molecule has 1 aliphatic carbocycles. The molecule has 6 nitrogen and oxygen atoms in total. The molecule has 142 valence electrons. The van der Waals surface area contributed by atoms with E-state index in [1.807, 2.05) is 0 Å². The maximum absolute atomic E-state index is 10.5. The second kappa shape index (κ2) is 9.67. The van der Waals surface area contributed by atoms with Gasteiger partial charge in [0.1, 0.15) is 5.82 Å². The summed E-state index contributed by atoms with van der Waals surface area (Å²) in [5, 5.41) is 12.1. The molecular weight excluding hydrogens is 328 g/mol. The van der Waals surface area contributed by atoms with Crippen LogP contribution in [0.3, 0.4) is 0 Å². The Hall–Kier alpha value is -1.95. The summed E-state index contributed by atoms with van der Waals surface area (Å²) in [6.45, 7) is 3.51. The molecule has 1 saturated heterocycles. The average Bonchev–Trinajstić information content (AvgIpc) is 2.90. The molecule has 0 radical (unpaired) electrons. The first-order chi connectivity index (χ1) is 12.7. The third-order valence-corrected chi connectivity index (χ3v) is 5.42. The van der Waals surface area contributed by atoms with Crippen LogP contribution in [0.25, 0.3) is 6.08 Å². The second-order valence-corrected chi connectivity index (χ2v) is 7.60. The van der Waals surface area contributed by atoms with Crippen molar-refractivity contribution in [3.05, 3.63) is 24.2 Å². The van der Waals surface area contributed by atoms with Gasteiger partial charge < -0.3 is 15.3 Å². The maximum Gasteiger partial charge on any atom is 0.328 e. The van der Waals surface area contributed by atoms with Crippen LogP contribution >= 0.6 is 0 Å². The van der Waals surface area contributed by atoms with Crippen molar-refractivity contribution in [1.82, 2.24) is 14.9 Å². The summed E-state index contributed by atoms with van der Waals surface area (Å²) in [4.78, 5) is 21.8. The van der Waals surface area contributed by atoms with E-state index >= 15 is 0 Å². The van der Waals surface area contributed by atoms with Crippen LogP contribution in [0, 0.1) is 5.92 Å². The lowest BCUT2D eigenvalue weighted by molar-refractivity contribution is -0.131. The minimum atomic E-state index is -0.982. The van der Waals surface area contributed by atoms with Crippen molar-refractivity contribution in [1.29, 1.82) is 0 Å². The van der Waals surface area contributed by atoms with Crippen LogP contribution in [0.2, 0.25) is 0 Å². The predicted octanol–water partition coefficient (Wildman–Crippen LogP) is 3.42. The molecule has 0 spiro atoms. The lowest BCUT2D eigenvalue weighted by Crippen LogP contribution is -2.44. The normalized spacial score (nSPS) is 23.0. The molecule has 1 saturated carbocycles. The molecule has 1 aliphatic heterocycles. The van der Waals surface area contributed by atoms with Crippen molar-refractivity contribution < 1.29 is 9.90 Å². The summed E-state index contributed by atoms with van der Waals surface area (Å²) in [6.07, 6.45) is 16.6. The Bertz CT molecular complexity index is 594. The molecule has 1 aromatic rings. The fraction of sp³-hybridized carbons (Fsp3) is 0.650. The highest BCUT2D eigenvalue weighted by atomic mass is 16.4. The molecule has 0 amide bonds. The standard InChI is InChI=1S/C20H30N4O2/c25-20(26)10-9-17-12-22-19(13-21-17)23-18-8-5-11-24(15-18)14-16-6-3-1-2-4-7-16/h9-10,12-13,16,18H,1-8,11,14-15H2,(H,22,23)(H,25,26)/b10-9+/t18-/m1/s1. The van der Waals surface area contributed by atoms with Crippen molar-refractivity contribution in [2.45, 2.75) is 57.4 Å². The highest BCUT2D eigenvalue weighted by Gasteiger charge is 2.23. The number of aliphatic carboxylic acids is 1. The summed E-state index contributed by atoms with van der Waals surface area (Å²) in [5.74, 6) is 0.653. The van der Waals surface area contributed by atoms with Crippen molar-refractivity contribution >= 4 is 17.9 Å². The molecule has 2 N–H and O–H groups in total. The van der Waals surface area contributed by atoms with Gasteiger partial charge in [-0.1, -0.05) is 25.7 Å². The zero-order chi connectivity index (χ0) is 18.2. The number of piperidine rings is 1. The van der Waals surface area contributed by atoms with Gasteiger partial charge in [-0.2, -0.15) is 0 Å². The van der Waals surface area contributed by atoms with Crippen LogP contribution in [0.4, 0.5) is 5.82 Å². The molecule has 0 aromatic carbocycles. The van der Waals surface area contributed by atoms with Gasteiger partial charge >= 0.3 is 5.97 Å². The van der Waals surface area contributed by atoms with Gasteiger partial charge in [0.25, 0.3) is 0 Å². The van der Waals surface area contributed by atoms with E-state index in [4.69, 9.17) is 5.11 Å². The molecule has 2 aliphatic rings. The number of hydrogen-bond acceptors (Lipinski definition) is 5. The first kappa shape index (κ1) is 18.8. The smallest absolute Gasteiger partial charge is 0.328 e. The van der Waals surface area contributed by atoms with E-state index in [0.29, 0.717) is 11.7 Å². The Morgan fingerprint density at radius 2 is 1.96 bits per heavy atom. The quantitative estimate of drug-likeness (QED) is 0.599. The number of likely N-dealkylation sites (tertiary alicyclic amines) is 1. The lowest BCUT2D eigenvalue weighted by atomic mass is 9.97. The van der Waals surface area contributed by atoms with E-state index in [1.165, 1.54) is 64.1 Å². The number of hydrogen-bond donors (Lipinski definition) is 2. The number of carbonyl (C=O) groups is 1. The molecule has 2 heterocycles. The Kier molecular flexibility index (Phi) is 7.00. The largest absolute Gasteiger partial charge is 0.478 e.